The third kappa shape index (κ3) is 3.97. The summed E-state index contributed by atoms with van der Waals surface area (Å²) in [6.07, 6.45) is 4.04. The molecule has 0 N–H and O–H groups in total. The van der Waals surface area contributed by atoms with E-state index in [2.05, 4.69) is 12.0 Å². The predicted molar refractivity (Wildman–Crippen MR) is 102 cm³/mol. The number of carbonyl (C=O) groups is 1. The minimum Gasteiger partial charge on any atom is -0.494 e. The van der Waals surface area contributed by atoms with Crippen LogP contribution in [0, 0.1) is 0 Å². The second-order valence-electron chi connectivity index (χ2n) is 5.97. The molecule has 0 saturated heterocycles. The van der Waals surface area contributed by atoms with Crippen LogP contribution in [-0.2, 0) is 4.79 Å². The Hall–Kier alpha value is -2.88. The largest absolute Gasteiger partial charge is 0.494 e. The van der Waals surface area contributed by atoms with E-state index in [1.807, 2.05) is 67.6 Å². The van der Waals surface area contributed by atoms with Gasteiger partial charge < -0.3 is 4.74 Å². The molecule has 0 unspecified atom stereocenters. The Bertz CT molecular complexity index is 792. The summed E-state index contributed by atoms with van der Waals surface area (Å²) in [7, 11) is 0. The summed E-state index contributed by atoms with van der Waals surface area (Å²) in [5.41, 5.74) is 3.06. The van der Waals surface area contributed by atoms with Gasteiger partial charge in [-0.05, 0) is 49.2 Å². The monoisotopic (exact) mass is 334 g/mol. The smallest absolute Gasteiger partial charge is 0.280 e. The summed E-state index contributed by atoms with van der Waals surface area (Å²) in [5.74, 6) is 0.747. The highest BCUT2D eigenvalue weighted by Crippen LogP contribution is 2.25. The van der Waals surface area contributed by atoms with Crippen molar-refractivity contribution < 1.29 is 9.53 Å². The van der Waals surface area contributed by atoms with Gasteiger partial charge in [0.2, 0.25) is 0 Å². The minimum atomic E-state index is -0.105. The van der Waals surface area contributed by atoms with Gasteiger partial charge >= 0.3 is 0 Å². The van der Waals surface area contributed by atoms with Crippen molar-refractivity contribution in [2.24, 2.45) is 5.10 Å². The number of nitrogens with zero attached hydrogens (tertiary/aromatic N) is 2. The molecule has 0 aliphatic carbocycles. The Labute approximate surface area is 148 Å². The van der Waals surface area contributed by atoms with E-state index in [1.54, 1.807) is 0 Å². The van der Waals surface area contributed by atoms with Gasteiger partial charge in [-0.3, -0.25) is 4.79 Å². The quantitative estimate of drug-likeness (QED) is 0.569. The summed E-state index contributed by atoms with van der Waals surface area (Å²) in [6, 6.07) is 17.2. The normalized spacial score (nSPS) is 15.6. The molecule has 1 heterocycles. The molecular weight excluding hydrogens is 312 g/mol. The van der Waals surface area contributed by atoms with Crippen molar-refractivity contribution in [1.82, 2.24) is 0 Å². The molecule has 0 bridgehead atoms. The first kappa shape index (κ1) is 17.0. The molecule has 25 heavy (non-hydrogen) atoms. The van der Waals surface area contributed by atoms with Gasteiger partial charge in [0.25, 0.3) is 5.91 Å². The lowest BCUT2D eigenvalue weighted by atomic mass is 10.1. The molecule has 2 aromatic rings. The van der Waals surface area contributed by atoms with Crippen molar-refractivity contribution in [1.29, 1.82) is 0 Å². The Balaban J connectivity index is 1.75. The maximum absolute atomic E-state index is 12.7. The molecule has 128 valence electrons. The maximum Gasteiger partial charge on any atom is 0.280 e. The molecule has 0 aromatic heterocycles. The van der Waals surface area contributed by atoms with Crippen molar-refractivity contribution in [3.05, 3.63) is 65.7 Å². The summed E-state index contributed by atoms with van der Waals surface area (Å²) in [5, 5.41) is 5.84. The topological polar surface area (TPSA) is 41.9 Å². The zero-order valence-corrected chi connectivity index (χ0v) is 14.6. The van der Waals surface area contributed by atoms with Crippen molar-refractivity contribution in [2.45, 2.75) is 26.7 Å². The van der Waals surface area contributed by atoms with Gasteiger partial charge in [0.15, 0.2) is 0 Å². The molecule has 4 nitrogen and oxygen atoms in total. The number of rotatable bonds is 6. The van der Waals surface area contributed by atoms with E-state index in [1.165, 1.54) is 5.01 Å². The van der Waals surface area contributed by atoms with Gasteiger partial charge in [-0.15, -0.1) is 0 Å². The van der Waals surface area contributed by atoms with Crippen molar-refractivity contribution in [3.63, 3.8) is 0 Å². The van der Waals surface area contributed by atoms with Crippen LogP contribution in [0.1, 0.15) is 32.3 Å². The number of anilines is 1. The van der Waals surface area contributed by atoms with Gasteiger partial charge in [0, 0.05) is 0 Å². The third-order valence-electron chi connectivity index (χ3n) is 4.02. The van der Waals surface area contributed by atoms with E-state index < -0.39 is 0 Å². The molecule has 0 spiro atoms. The molecule has 0 atom stereocenters. The first-order valence-electron chi connectivity index (χ1n) is 8.58. The average Bonchev–Trinajstić information content (AvgIpc) is 2.92. The number of unbranched alkanes of at least 4 members (excludes halogenated alkanes) is 1. The van der Waals surface area contributed by atoms with Crippen LogP contribution >= 0.6 is 0 Å². The third-order valence-corrected chi connectivity index (χ3v) is 4.02. The van der Waals surface area contributed by atoms with Gasteiger partial charge in [0.05, 0.1) is 23.6 Å². The van der Waals surface area contributed by atoms with E-state index in [0.717, 1.165) is 42.2 Å². The Kier molecular flexibility index (Phi) is 5.29. The first-order valence-corrected chi connectivity index (χ1v) is 8.58. The lowest BCUT2D eigenvalue weighted by Gasteiger charge is -2.11. The maximum atomic E-state index is 12.7. The van der Waals surface area contributed by atoms with Crippen LogP contribution in [-0.4, -0.2) is 18.2 Å². The molecule has 1 aliphatic heterocycles. The first-order chi connectivity index (χ1) is 12.2. The van der Waals surface area contributed by atoms with E-state index in [0.29, 0.717) is 5.57 Å². The van der Waals surface area contributed by atoms with E-state index in [4.69, 9.17) is 4.74 Å². The molecule has 3 rings (SSSR count). The second-order valence-corrected chi connectivity index (χ2v) is 5.97. The zero-order chi connectivity index (χ0) is 17.6. The predicted octanol–water partition coefficient (Wildman–Crippen LogP) is 4.67. The summed E-state index contributed by atoms with van der Waals surface area (Å²) in [6.45, 7) is 4.72. The van der Waals surface area contributed by atoms with Crippen LogP contribution in [0.25, 0.3) is 6.08 Å². The standard InChI is InChI=1S/C21H22N2O2/c1-3-4-14-25-19-12-10-17(11-13-19)15-20-16(2)22-23(21(20)24)18-8-6-5-7-9-18/h5-13,15H,3-4,14H2,1-2H3/b20-15+. The highest BCUT2D eigenvalue weighted by molar-refractivity contribution is 6.32. The molecule has 1 aliphatic rings. The van der Waals surface area contributed by atoms with Gasteiger partial charge in [-0.2, -0.15) is 10.1 Å². The molecule has 4 heteroatoms. The fourth-order valence-corrected chi connectivity index (χ4v) is 2.59. The average molecular weight is 334 g/mol. The fraction of sp³-hybridized carbons (Fsp3) is 0.238. The molecule has 0 radical (unpaired) electrons. The number of amides is 1. The van der Waals surface area contributed by atoms with Gasteiger partial charge in [0.1, 0.15) is 5.75 Å². The van der Waals surface area contributed by atoms with Crippen LogP contribution in [0.4, 0.5) is 5.69 Å². The van der Waals surface area contributed by atoms with Crippen LogP contribution in [0.5, 0.6) is 5.75 Å². The van der Waals surface area contributed by atoms with Gasteiger partial charge in [-0.25, -0.2) is 0 Å². The number of ether oxygens (including phenoxy) is 1. The summed E-state index contributed by atoms with van der Waals surface area (Å²) < 4.78 is 5.67. The van der Waals surface area contributed by atoms with E-state index in [-0.39, 0.29) is 5.91 Å². The number of hydrazone groups is 1. The van der Waals surface area contributed by atoms with E-state index in [9.17, 15) is 4.79 Å². The lowest BCUT2D eigenvalue weighted by Crippen LogP contribution is -2.21. The number of carbonyl (C=O) groups excluding carboxylic acids is 1. The lowest BCUT2D eigenvalue weighted by molar-refractivity contribution is -0.114. The van der Waals surface area contributed by atoms with Crippen LogP contribution < -0.4 is 9.75 Å². The Morgan fingerprint density at radius 1 is 1.08 bits per heavy atom. The highest BCUT2D eigenvalue weighted by atomic mass is 16.5. The molecule has 0 saturated carbocycles. The number of para-hydroxylation sites is 1. The number of hydrogen-bond acceptors (Lipinski definition) is 3. The van der Waals surface area contributed by atoms with Crippen LogP contribution in [0.2, 0.25) is 0 Å². The molecule has 0 fully saturated rings. The summed E-state index contributed by atoms with van der Waals surface area (Å²) in [4.78, 5) is 12.7. The van der Waals surface area contributed by atoms with Crippen molar-refractivity contribution in [2.75, 3.05) is 11.6 Å². The Morgan fingerprint density at radius 2 is 1.80 bits per heavy atom. The zero-order valence-electron chi connectivity index (χ0n) is 14.6. The SMILES string of the molecule is CCCCOc1ccc(/C=C2/C(=O)N(c3ccccc3)N=C2C)cc1. The van der Waals surface area contributed by atoms with Crippen LogP contribution in [0.15, 0.2) is 65.3 Å². The number of benzene rings is 2. The van der Waals surface area contributed by atoms with Gasteiger partial charge in [-0.1, -0.05) is 43.7 Å². The van der Waals surface area contributed by atoms with E-state index >= 15 is 0 Å². The van der Waals surface area contributed by atoms with Crippen LogP contribution in [0.3, 0.4) is 0 Å². The van der Waals surface area contributed by atoms with Crippen molar-refractivity contribution >= 4 is 23.4 Å². The Morgan fingerprint density at radius 3 is 2.48 bits per heavy atom. The fourth-order valence-electron chi connectivity index (χ4n) is 2.59. The second kappa shape index (κ2) is 7.79. The number of hydrogen-bond donors (Lipinski definition) is 0. The highest BCUT2D eigenvalue weighted by Gasteiger charge is 2.28. The molecule has 2 aromatic carbocycles. The molecular formula is C21H22N2O2. The van der Waals surface area contributed by atoms with Crippen molar-refractivity contribution in [3.8, 4) is 5.75 Å². The summed E-state index contributed by atoms with van der Waals surface area (Å²) >= 11 is 0. The minimum absolute atomic E-state index is 0.105. The molecule has 1 amide bonds.